The zero-order valence-electron chi connectivity index (χ0n) is 9.56. The lowest BCUT2D eigenvalue weighted by molar-refractivity contribution is 0.469. The molecule has 86 valence electrons. The average molecular weight is 236 g/mol. The van der Waals surface area contributed by atoms with Gasteiger partial charge in [0.05, 0.1) is 6.04 Å². The zero-order valence-corrected chi connectivity index (χ0v) is 10.4. The first-order chi connectivity index (χ1) is 7.72. The highest BCUT2D eigenvalue weighted by Gasteiger charge is 2.14. The fourth-order valence-electron chi connectivity index (χ4n) is 1.63. The van der Waals surface area contributed by atoms with Crippen molar-refractivity contribution in [3.8, 4) is 0 Å². The first-order valence-corrected chi connectivity index (χ1v) is 6.72. The summed E-state index contributed by atoms with van der Waals surface area (Å²) in [6, 6.07) is 5.86. The highest BCUT2D eigenvalue weighted by molar-refractivity contribution is 7.98. The maximum absolute atomic E-state index is 6.03. The van der Waals surface area contributed by atoms with E-state index in [-0.39, 0.29) is 6.04 Å². The minimum atomic E-state index is -0.0979. The fraction of sp³-hybridized carbons (Fsp3) is 0.417. The number of hydrogen-bond donors (Lipinski definition) is 1. The van der Waals surface area contributed by atoms with Gasteiger partial charge in [-0.1, -0.05) is 12.1 Å². The molecule has 1 atom stereocenters. The van der Waals surface area contributed by atoms with Gasteiger partial charge < -0.3 is 10.2 Å². The van der Waals surface area contributed by atoms with Crippen LogP contribution in [0.2, 0.25) is 0 Å². The predicted octanol–water partition coefficient (Wildman–Crippen LogP) is 2.89. The normalized spacial score (nSPS) is 13.2. The minimum Gasteiger partial charge on any atom is -0.439 e. The standard InChI is InChI=1S/C12H16N2OS/c1-8-4-3-5-10-11(8)15-12(14-10)9(13)6-7-16-2/h3-5,9H,6-7,13H2,1-2H3. The van der Waals surface area contributed by atoms with Gasteiger partial charge in [-0.25, -0.2) is 4.98 Å². The summed E-state index contributed by atoms with van der Waals surface area (Å²) < 4.78 is 5.71. The molecular formula is C12H16N2OS. The van der Waals surface area contributed by atoms with Gasteiger partial charge in [-0.15, -0.1) is 0 Å². The van der Waals surface area contributed by atoms with E-state index in [0.29, 0.717) is 5.89 Å². The molecular weight excluding hydrogens is 220 g/mol. The molecule has 16 heavy (non-hydrogen) atoms. The lowest BCUT2D eigenvalue weighted by atomic mass is 10.2. The molecule has 1 aromatic heterocycles. The quantitative estimate of drug-likeness (QED) is 0.886. The smallest absolute Gasteiger partial charge is 0.212 e. The lowest BCUT2D eigenvalue weighted by Gasteiger charge is -2.04. The molecule has 2 N–H and O–H groups in total. The molecule has 0 spiro atoms. The van der Waals surface area contributed by atoms with Crippen LogP contribution in [0.3, 0.4) is 0 Å². The topological polar surface area (TPSA) is 52.0 Å². The number of aryl methyl sites for hydroxylation is 1. The van der Waals surface area contributed by atoms with Crippen LogP contribution in [0.15, 0.2) is 22.6 Å². The van der Waals surface area contributed by atoms with E-state index < -0.39 is 0 Å². The number of rotatable bonds is 4. The van der Waals surface area contributed by atoms with Crippen LogP contribution in [0.5, 0.6) is 0 Å². The van der Waals surface area contributed by atoms with Crippen molar-refractivity contribution in [1.29, 1.82) is 0 Å². The van der Waals surface area contributed by atoms with Crippen molar-refractivity contribution in [1.82, 2.24) is 4.98 Å². The molecule has 2 rings (SSSR count). The van der Waals surface area contributed by atoms with Crippen molar-refractivity contribution in [2.45, 2.75) is 19.4 Å². The molecule has 0 aliphatic heterocycles. The second-order valence-corrected chi connectivity index (χ2v) is 4.85. The van der Waals surface area contributed by atoms with Crippen LogP contribution >= 0.6 is 11.8 Å². The van der Waals surface area contributed by atoms with Crippen LogP contribution in [-0.2, 0) is 0 Å². The van der Waals surface area contributed by atoms with Gasteiger partial charge in [0.25, 0.3) is 0 Å². The van der Waals surface area contributed by atoms with Gasteiger partial charge in [0.1, 0.15) is 5.52 Å². The molecule has 0 saturated heterocycles. The van der Waals surface area contributed by atoms with Crippen LogP contribution in [0, 0.1) is 6.92 Å². The maximum Gasteiger partial charge on any atom is 0.212 e. The van der Waals surface area contributed by atoms with E-state index in [1.807, 2.05) is 25.1 Å². The summed E-state index contributed by atoms with van der Waals surface area (Å²) in [5, 5.41) is 0. The Kier molecular flexibility index (Phi) is 3.51. The largest absolute Gasteiger partial charge is 0.439 e. The van der Waals surface area contributed by atoms with Gasteiger partial charge in [-0.2, -0.15) is 11.8 Å². The molecule has 0 bridgehead atoms. The van der Waals surface area contributed by atoms with Crippen LogP contribution in [-0.4, -0.2) is 17.0 Å². The van der Waals surface area contributed by atoms with E-state index in [1.54, 1.807) is 11.8 Å². The third-order valence-electron chi connectivity index (χ3n) is 2.58. The number of oxazole rings is 1. The molecule has 0 aliphatic carbocycles. The Balaban J connectivity index is 2.29. The third kappa shape index (κ3) is 2.23. The monoisotopic (exact) mass is 236 g/mol. The van der Waals surface area contributed by atoms with Gasteiger partial charge >= 0.3 is 0 Å². The second-order valence-electron chi connectivity index (χ2n) is 3.86. The summed E-state index contributed by atoms with van der Waals surface area (Å²) in [4.78, 5) is 4.43. The van der Waals surface area contributed by atoms with Gasteiger partial charge in [0.15, 0.2) is 5.58 Å². The molecule has 3 nitrogen and oxygen atoms in total. The first kappa shape index (κ1) is 11.5. The van der Waals surface area contributed by atoms with Gasteiger partial charge in [0, 0.05) is 0 Å². The van der Waals surface area contributed by atoms with Gasteiger partial charge in [-0.05, 0) is 37.0 Å². The van der Waals surface area contributed by atoms with Crippen LogP contribution < -0.4 is 5.73 Å². The molecule has 0 fully saturated rings. The van der Waals surface area contributed by atoms with Crippen molar-refractivity contribution < 1.29 is 4.42 Å². The number of para-hydroxylation sites is 1. The van der Waals surface area contributed by atoms with E-state index in [1.165, 1.54) is 0 Å². The highest BCUT2D eigenvalue weighted by atomic mass is 32.2. The van der Waals surface area contributed by atoms with Crippen LogP contribution in [0.4, 0.5) is 0 Å². The number of nitrogens with two attached hydrogens (primary N) is 1. The van der Waals surface area contributed by atoms with E-state index in [9.17, 15) is 0 Å². The Bertz CT molecular complexity index is 481. The third-order valence-corrected chi connectivity index (χ3v) is 3.22. The van der Waals surface area contributed by atoms with Crippen molar-refractivity contribution >= 4 is 22.9 Å². The van der Waals surface area contributed by atoms with Gasteiger partial charge in [0.2, 0.25) is 5.89 Å². The Morgan fingerprint density at radius 1 is 1.50 bits per heavy atom. The van der Waals surface area contributed by atoms with Crippen molar-refractivity contribution in [3.63, 3.8) is 0 Å². The van der Waals surface area contributed by atoms with E-state index >= 15 is 0 Å². The predicted molar refractivity (Wildman–Crippen MR) is 68.7 cm³/mol. The number of nitrogens with zero attached hydrogens (tertiary/aromatic N) is 1. The number of hydrogen-bond acceptors (Lipinski definition) is 4. The average Bonchev–Trinajstić information content (AvgIpc) is 2.71. The molecule has 4 heteroatoms. The summed E-state index contributed by atoms with van der Waals surface area (Å²) in [6.45, 7) is 2.02. The number of aromatic nitrogens is 1. The SMILES string of the molecule is CSCCC(N)c1nc2cccc(C)c2o1. The van der Waals surface area contributed by atoms with Crippen LogP contribution in [0.1, 0.15) is 23.9 Å². The highest BCUT2D eigenvalue weighted by Crippen LogP contribution is 2.23. The Hall–Kier alpha value is -1.00. The molecule has 0 aliphatic rings. The summed E-state index contributed by atoms with van der Waals surface area (Å²) in [6.07, 6.45) is 2.97. The fourth-order valence-corrected chi connectivity index (χ4v) is 2.12. The Morgan fingerprint density at radius 2 is 2.31 bits per heavy atom. The number of benzene rings is 1. The first-order valence-electron chi connectivity index (χ1n) is 5.33. The van der Waals surface area contributed by atoms with Crippen LogP contribution in [0.25, 0.3) is 11.1 Å². The molecule has 2 aromatic rings. The molecule has 0 amide bonds. The summed E-state index contributed by atoms with van der Waals surface area (Å²) in [7, 11) is 0. The summed E-state index contributed by atoms with van der Waals surface area (Å²) in [5.41, 5.74) is 8.89. The van der Waals surface area contributed by atoms with E-state index in [2.05, 4.69) is 11.2 Å². The number of thioether (sulfide) groups is 1. The Labute approximate surface area is 99.4 Å². The molecule has 1 unspecified atom stereocenters. The number of fused-ring (bicyclic) bond motifs is 1. The maximum atomic E-state index is 6.03. The molecule has 1 heterocycles. The van der Waals surface area contributed by atoms with Crippen molar-refractivity contribution in [2.24, 2.45) is 5.73 Å². The minimum absolute atomic E-state index is 0.0979. The van der Waals surface area contributed by atoms with Crippen molar-refractivity contribution in [2.75, 3.05) is 12.0 Å². The van der Waals surface area contributed by atoms with Crippen molar-refractivity contribution in [3.05, 3.63) is 29.7 Å². The second kappa shape index (κ2) is 4.89. The molecule has 0 radical (unpaired) electrons. The van der Waals surface area contributed by atoms with E-state index in [4.69, 9.17) is 10.2 Å². The zero-order chi connectivity index (χ0) is 11.5. The van der Waals surface area contributed by atoms with Gasteiger partial charge in [-0.3, -0.25) is 0 Å². The van der Waals surface area contributed by atoms with E-state index in [0.717, 1.165) is 28.8 Å². The summed E-state index contributed by atoms with van der Waals surface area (Å²) in [5.74, 6) is 1.68. The molecule has 1 aromatic carbocycles. The summed E-state index contributed by atoms with van der Waals surface area (Å²) >= 11 is 1.79. The molecule has 0 saturated carbocycles. The Morgan fingerprint density at radius 3 is 3.00 bits per heavy atom. The lowest BCUT2D eigenvalue weighted by Crippen LogP contribution is -2.11.